The largest absolute Gasteiger partial charge is 0.512 e. The second-order valence-electron chi connectivity index (χ2n) is 1.27. The molecule has 0 heterocycles. The van der Waals surface area contributed by atoms with Crippen LogP contribution in [0.15, 0.2) is 0 Å². The average Bonchev–Trinajstić information content (AvgIpc) is 1.61. The molecule has 0 N–H and O–H groups in total. The summed E-state index contributed by atoms with van der Waals surface area (Å²) in [6.45, 7) is 2.20. The highest BCUT2D eigenvalue weighted by atomic mass is 32.2. The lowest BCUT2D eigenvalue weighted by molar-refractivity contribution is -0.0447. The van der Waals surface area contributed by atoms with E-state index in [-0.39, 0.29) is 0 Å². The molecule has 10 heavy (non-hydrogen) atoms. The van der Waals surface area contributed by atoms with Crippen molar-refractivity contribution in [2.45, 2.75) is 5.51 Å². The first-order valence-corrected chi connectivity index (χ1v) is 3.54. The molecule has 0 bridgehead atoms. The van der Waals surface area contributed by atoms with Gasteiger partial charge >= 0.3 is 15.5 Å². The Hall–Kier alpha value is -0.300. The summed E-state index contributed by atoms with van der Waals surface area (Å²) in [6, 6.07) is 0. The molecule has 0 unspecified atom stereocenters. The van der Waals surface area contributed by atoms with Gasteiger partial charge in [0.15, 0.2) is 0 Å². The zero-order valence-electron chi connectivity index (χ0n) is 4.72. The summed E-state index contributed by atoms with van der Waals surface area (Å²) in [6.07, 6.45) is 0. The van der Waals surface area contributed by atoms with Crippen LogP contribution in [-0.2, 0) is 10.0 Å². The van der Waals surface area contributed by atoms with Gasteiger partial charge in [-0.2, -0.15) is 13.2 Å². The van der Waals surface area contributed by atoms with Crippen LogP contribution in [0.2, 0.25) is 0 Å². The third-order valence-corrected chi connectivity index (χ3v) is 1.66. The molecule has 0 spiro atoms. The molecule has 0 aliphatic carbocycles. The maximum absolute atomic E-state index is 11.3. The Kier molecular flexibility index (Phi) is 2.67. The molecule has 0 atom stereocenters. The molecule has 7 heteroatoms. The molecular weight excluding hydrogens is 171 g/mol. The minimum Gasteiger partial charge on any atom is -0.201 e. The summed E-state index contributed by atoms with van der Waals surface area (Å²) in [4.78, 5) is 0. The van der Waals surface area contributed by atoms with E-state index in [1.807, 2.05) is 0 Å². The van der Waals surface area contributed by atoms with Gasteiger partial charge in [0.1, 0.15) is 0 Å². The lowest BCUT2D eigenvalue weighted by atomic mass is 10.8. The molecule has 0 aromatic rings. The van der Waals surface area contributed by atoms with Gasteiger partial charge in [-0.05, 0) is 6.92 Å². The fourth-order valence-electron chi connectivity index (χ4n) is 0.193. The summed E-state index contributed by atoms with van der Waals surface area (Å²) in [7, 11) is -5.29. The molecule has 3 nitrogen and oxygen atoms in total. The summed E-state index contributed by atoms with van der Waals surface area (Å²) in [5, 5.41) is 0. The van der Waals surface area contributed by atoms with Crippen molar-refractivity contribution < 1.29 is 21.6 Å². The van der Waals surface area contributed by atoms with Crippen LogP contribution in [0.1, 0.15) is 0 Å². The number of nitrogens with zero attached hydrogens (tertiary/aromatic N) is 1. The van der Waals surface area contributed by atoms with E-state index >= 15 is 0 Å². The predicted molar refractivity (Wildman–Crippen MR) is 27.3 cm³/mol. The monoisotopic (exact) mass is 175 g/mol. The van der Waals surface area contributed by atoms with E-state index in [9.17, 15) is 21.6 Å². The molecule has 0 saturated carbocycles. The molecule has 0 aromatic carbocycles. The van der Waals surface area contributed by atoms with Gasteiger partial charge in [0.05, 0.1) is 0 Å². The van der Waals surface area contributed by atoms with Crippen molar-refractivity contribution in [2.24, 2.45) is 0 Å². The number of hydrogen-bond donors (Lipinski definition) is 0. The minimum absolute atomic E-state index is 0.637. The zero-order chi connectivity index (χ0) is 8.41. The molecule has 60 valence electrons. The predicted octanol–water partition coefficient (Wildman–Crippen LogP) is 0.274. The van der Waals surface area contributed by atoms with Crippen LogP contribution in [0.4, 0.5) is 13.2 Å². The normalized spacial score (nSPS) is 13.6. The van der Waals surface area contributed by atoms with E-state index in [1.165, 1.54) is 0 Å². The van der Waals surface area contributed by atoms with Crippen molar-refractivity contribution in [1.29, 1.82) is 0 Å². The maximum atomic E-state index is 11.3. The number of hydrogen-bond acceptors (Lipinski definition) is 2. The highest BCUT2D eigenvalue weighted by Gasteiger charge is 2.46. The lowest BCUT2D eigenvalue weighted by Crippen LogP contribution is -2.31. The van der Waals surface area contributed by atoms with E-state index in [0.29, 0.717) is 0 Å². The minimum atomic E-state index is -5.29. The van der Waals surface area contributed by atoms with Gasteiger partial charge in [0.2, 0.25) is 0 Å². The Morgan fingerprint density at radius 3 is 1.90 bits per heavy atom. The second kappa shape index (κ2) is 2.75. The lowest BCUT2D eigenvalue weighted by Gasteiger charge is -2.04. The molecule has 0 fully saturated rings. The second-order valence-corrected chi connectivity index (χ2v) is 2.94. The zero-order valence-corrected chi connectivity index (χ0v) is 5.54. The van der Waals surface area contributed by atoms with E-state index in [4.69, 9.17) is 0 Å². The summed E-state index contributed by atoms with van der Waals surface area (Å²) >= 11 is 0. The first-order chi connectivity index (χ1) is 4.31. The van der Waals surface area contributed by atoms with Crippen molar-refractivity contribution in [1.82, 2.24) is 4.72 Å². The van der Waals surface area contributed by atoms with Crippen molar-refractivity contribution >= 4 is 10.0 Å². The number of rotatable bonds is 2. The van der Waals surface area contributed by atoms with Gasteiger partial charge < -0.3 is 0 Å². The first kappa shape index (κ1) is 9.70. The molecule has 0 saturated heterocycles. The summed E-state index contributed by atoms with van der Waals surface area (Å²) in [5.74, 6) is 0. The van der Waals surface area contributed by atoms with Gasteiger partial charge in [0, 0.05) is 6.54 Å². The highest BCUT2D eigenvalue weighted by Crippen LogP contribution is 2.21. The van der Waals surface area contributed by atoms with E-state index in [2.05, 4.69) is 11.6 Å². The highest BCUT2D eigenvalue weighted by molar-refractivity contribution is 7.90. The molecule has 0 aliphatic heterocycles. The average molecular weight is 175 g/mol. The number of halogens is 3. The van der Waals surface area contributed by atoms with Crippen LogP contribution in [-0.4, -0.2) is 20.5 Å². The van der Waals surface area contributed by atoms with Crippen molar-refractivity contribution in [2.75, 3.05) is 6.54 Å². The molecule has 0 aromatic heterocycles. The fourth-order valence-corrected chi connectivity index (χ4v) is 0.580. The van der Waals surface area contributed by atoms with Crippen LogP contribution in [0, 0.1) is 6.92 Å². The van der Waals surface area contributed by atoms with Crippen LogP contribution in [0.25, 0.3) is 0 Å². The van der Waals surface area contributed by atoms with E-state index in [0.717, 1.165) is 0 Å². The summed E-state index contributed by atoms with van der Waals surface area (Å²) in [5.41, 5.74) is -5.29. The van der Waals surface area contributed by atoms with E-state index in [1.54, 1.807) is 0 Å². The van der Waals surface area contributed by atoms with Gasteiger partial charge in [-0.25, -0.2) is 8.42 Å². The Labute approximate surface area is 56.3 Å². The molecule has 2 radical (unpaired) electrons. The SMILES string of the molecule is [CH2]C[N]S(=O)(=O)C(F)(F)F. The quantitative estimate of drug-likeness (QED) is 0.605. The standard InChI is InChI=1S/C3H4F3NO2S/c1-2-7-10(8,9)3(4,5)6/h1-2H2. The van der Waals surface area contributed by atoms with Crippen molar-refractivity contribution in [3.8, 4) is 0 Å². The van der Waals surface area contributed by atoms with Crippen LogP contribution in [0.3, 0.4) is 0 Å². The Morgan fingerprint density at radius 2 is 1.80 bits per heavy atom. The van der Waals surface area contributed by atoms with E-state index < -0.39 is 22.1 Å². The third-order valence-electron chi connectivity index (χ3n) is 0.554. The topological polar surface area (TPSA) is 48.2 Å². The molecule has 0 rings (SSSR count). The summed E-state index contributed by atoms with van der Waals surface area (Å²) < 4.78 is 56.0. The maximum Gasteiger partial charge on any atom is 0.512 e. The van der Waals surface area contributed by atoms with Crippen LogP contribution in [0.5, 0.6) is 0 Å². The van der Waals surface area contributed by atoms with Gasteiger partial charge in [-0.1, -0.05) is 0 Å². The first-order valence-electron chi connectivity index (χ1n) is 2.10. The molecule has 0 amide bonds. The van der Waals surface area contributed by atoms with Crippen molar-refractivity contribution in [3.63, 3.8) is 0 Å². The molecule has 0 aliphatic rings. The van der Waals surface area contributed by atoms with Gasteiger partial charge in [-0.15, -0.1) is 4.72 Å². The van der Waals surface area contributed by atoms with Crippen LogP contribution < -0.4 is 4.72 Å². The fraction of sp³-hybridized carbons (Fsp3) is 0.667. The Balaban J connectivity index is 4.44. The Morgan fingerprint density at radius 1 is 1.40 bits per heavy atom. The molecular formula is C3H4F3NO2S. The Bertz CT molecular complexity index is 194. The van der Waals surface area contributed by atoms with Crippen LogP contribution >= 0.6 is 0 Å². The third kappa shape index (κ3) is 2.14. The number of sulfonamides is 1. The van der Waals surface area contributed by atoms with Gasteiger partial charge in [-0.3, -0.25) is 0 Å². The van der Waals surface area contributed by atoms with Crippen molar-refractivity contribution in [3.05, 3.63) is 6.92 Å². The van der Waals surface area contributed by atoms with Gasteiger partial charge in [0.25, 0.3) is 0 Å². The number of alkyl halides is 3. The smallest absolute Gasteiger partial charge is 0.201 e.